The largest absolute Gasteiger partial charge is 0.416 e. The van der Waals surface area contributed by atoms with E-state index in [4.69, 9.17) is 0 Å². The minimum absolute atomic E-state index is 0.0598. The Kier molecular flexibility index (Phi) is 5.40. The van der Waals surface area contributed by atoms with Gasteiger partial charge in [0.05, 0.1) is 11.3 Å². The molecule has 27 heavy (non-hydrogen) atoms. The average molecular weight is 371 g/mol. The molecule has 4 nitrogen and oxygen atoms in total. The number of benzene rings is 2. The number of nitrogens with zero attached hydrogens (tertiary/aromatic N) is 1. The van der Waals surface area contributed by atoms with Crippen molar-refractivity contribution in [2.24, 2.45) is 0 Å². The fourth-order valence-corrected chi connectivity index (χ4v) is 2.53. The zero-order valence-corrected chi connectivity index (χ0v) is 14.1. The summed E-state index contributed by atoms with van der Waals surface area (Å²) >= 11 is 0. The molecule has 0 aliphatic rings. The van der Waals surface area contributed by atoms with Crippen LogP contribution in [0.4, 0.5) is 18.9 Å². The molecule has 0 fully saturated rings. The minimum Gasteiger partial charge on any atom is -0.381 e. The minimum atomic E-state index is -4.38. The molecule has 1 heterocycles. The maximum absolute atomic E-state index is 13.1. The van der Waals surface area contributed by atoms with Gasteiger partial charge in [-0.15, -0.1) is 0 Å². The monoisotopic (exact) mass is 371 g/mol. The van der Waals surface area contributed by atoms with Crippen LogP contribution in [0.25, 0.3) is 12.2 Å². The van der Waals surface area contributed by atoms with Gasteiger partial charge >= 0.3 is 6.18 Å². The van der Waals surface area contributed by atoms with E-state index in [0.717, 1.165) is 11.6 Å². The molecule has 0 spiro atoms. The van der Waals surface area contributed by atoms with Crippen molar-refractivity contribution < 1.29 is 13.2 Å². The van der Waals surface area contributed by atoms with Crippen molar-refractivity contribution in [2.45, 2.75) is 12.7 Å². The Labute approximate surface area is 153 Å². The van der Waals surface area contributed by atoms with Gasteiger partial charge in [0.15, 0.2) is 0 Å². The third kappa shape index (κ3) is 5.07. The summed E-state index contributed by atoms with van der Waals surface area (Å²) in [5, 5.41) is 9.24. The number of nitrogens with one attached hydrogen (secondary N) is 2. The molecule has 0 aliphatic heterocycles. The van der Waals surface area contributed by atoms with Gasteiger partial charge in [-0.05, 0) is 41.5 Å². The van der Waals surface area contributed by atoms with Crippen LogP contribution >= 0.6 is 0 Å². The highest BCUT2D eigenvalue weighted by atomic mass is 19.4. The van der Waals surface area contributed by atoms with Crippen LogP contribution in [0.3, 0.4) is 0 Å². The molecule has 138 valence electrons. The SMILES string of the molecule is O=c1ccc(/C=C/c2cccc(NCc3ccccc3C(F)(F)F)c2)n[nH]1. The summed E-state index contributed by atoms with van der Waals surface area (Å²) in [6.45, 7) is 0.0598. The van der Waals surface area contributed by atoms with Crippen LogP contribution in [0.5, 0.6) is 0 Å². The number of hydrogen-bond donors (Lipinski definition) is 2. The molecule has 0 unspecified atom stereocenters. The molecule has 3 rings (SSSR count). The van der Waals surface area contributed by atoms with Gasteiger partial charge in [-0.1, -0.05) is 36.4 Å². The molecular formula is C20H16F3N3O. The van der Waals surface area contributed by atoms with Crippen molar-refractivity contribution in [1.82, 2.24) is 10.2 Å². The van der Waals surface area contributed by atoms with Gasteiger partial charge in [-0.3, -0.25) is 4.79 Å². The lowest BCUT2D eigenvalue weighted by molar-refractivity contribution is -0.138. The summed E-state index contributed by atoms with van der Waals surface area (Å²) in [5.74, 6) is 0. The van der Waals surface area contributed by atoms with Gasteiger partial charge < -0.3 is 5.32 Å². The topological polar surface area (TPSA) is 57.8 Å². The Morgan fingerprint density at radius 1 is 1.00 bits per heavy atom. The second-order valence-electron chi connectivity index (χ2n) is 5.81. The maximum Gasteiger partial charge on any atom is 0.416 e. The Balaban J connectivity index is 1.72. The number of rotatable bonds is 5. The predicted octanol–water partition coefficient (Wildman–Crippen LogP) is 4.57. The van der Waals surface area contributed by atoms with Crippen LogP contribution in [-0.2, 0) is 12.7 Å². The molecule has 0 aliphatic carbocycles. The van der Waals surface area contributed by atoms with E-state index >= 15 is 0 Å². The number of aromatic amines is 1. The molecule has 0 atom stereocenters. The molecule has 0 bridgehead atoms. The lowest BCUT2D eigenvalue weighted by atomic mass is 10.1. The van der Waals surface area contributed by atoms with E-state index in [-0.39, 0.29) is 17.7 Å². The number of aromatic nitrogens is 2. The normalized spacial score (nSPS) is 11.7. The van der Waals surface area contributed by atoms with Crippen molar-refractivity contribution in [1.29, 1.82) is 0 Å². The van der Waals surface area contributed by atoms with E-state index in [1.807, 2.05) is 12.1 Å². The van der Waals surface area contributed by atoms with E-state index in [2.05, 4.69) is 15.5 Å². The lowest BCUT2D eigenvalue weighted by Gasteiger charge is -2.14. The first-order chi connectivity index (χ1) is 12.9. The zero-order valence-electron chi connectivity index (χ0n) is 14.1. The van der Waals surface area contributed by atoms with Crippen LogP contribution in [0, 0.1) is 0 Å². The quantitative estimate of drug-likeness (QED) is 0.691. The van der Waals surface area contributed by atoms with Gasteiger partial charge in [-0.2, -0.15) is 18.3 Å². The Hall–Kier alpha value is -3.35. The first kappa shape index (κ1) is 18.4. The number of anilines is 1. The third-order valence-electron chi connectivity index (χ3n) is 3.84. The molecule has 0 radical (unpaired) electrons. The first-order valence-electron chi connectivity index (χ1n) is 8.15. The fourth-order valence-electron chi connectivity index (χ4n) is 2.53. The van der Waals surface area contributed by atoms with E-state index in [0.29, 0.717) is 11.4 Å². The maximum atomic E-state index is 13.1. The number of H-pyrrole nitrogens is 1. The van der Waals surface area contributed by atoms with Crippen LogP contribution in [-0.4, -0.2) is 10.2 Å². The Morgan fingerprint density at radius 3 is 2.56 bits per heavy atom. The van der Waals surface area contributed by atoms with E-state index in [9.17, 15) is 18.0 Å². The van der Waals surface area contributed by atoms with E-state index in [1.165, 1.54) is 18.2 Å². The van der Waals surface area contributed by atoms with Gasteiger partial charge in [0.1, 0.15) is 0 Å². The summed E-state index contributed by atoms with van der Waals surface area (Å²) in [6, 6.07) is 15.7. The third-order valence-corrected chi connectivity index (χ3v) is 3.84. The standard InChI is InChI=1S/C20H16F3N3O/c21-20(22,23)18-7-2-1-5-15(18)13-24-17-6-3-4-14(12-17)8-9-16-10-11-19(27)26-25-16/h1-12,24H,13H2,(H,26,27)/b9-8+. The molecule has 3 aromatic rings. The van der Waals surface area contributed by atoms with Crippen molar-refractivity contribution >= 4 is 17.8 Å². The first-order valence-corrected chi connectivity index (χ1v) is 8.15. The fraction of sp³-hybridized carbons (Fsp3) is 0.100. The number of alkyl halides is 3. The van der Waals surface area contributed by atoms with E-state index < -0.39 is 11.7 Å². The van der Waals surface area contributed by atoms with Crippen molar-refractivity contribution in [3.05, 3.63) is 93.4 Å². The number of hydrogen-bond acceptors (Lipinski definition) is 3. The summed E-state index contributed by atoms with van der Waals surface area (Å²) in [5.41, 5.74) is 1.39. The smallest absolute Gasteiger partial charge is 0.381 e. The highest BCUT2D eigenvalue weighted by Crippen LogP contribution is 2.32. The molecule has 1 aromatic heterocycles. The number of halogens is 3. The van der Waals surface area contributed by atoms with Gasteiger partial charge in [0.2, 0.25) is 0 Å². The second-order valence-corrected chi connectivity index (χ2v) is 5.81. The molecular weight excluding hydrogens is 355 g/mol. The highest BCUT2D eigenvalue weighted by Gasteiger charge is 2.32. The molecule has 0 amide bonds. The summed E-state index contributed by atoms with van der Waals surface area (Å²) in [4.78, 5) is 11.0. The molecule has 0 saturated carbocycles. The molecule has 0 saturated heterocycles. The van der Waals surface area contributed by atoms with Gasteiger partial charge in [-0.25, -0.2) is 5.10 Å². The highest BCUT2D eigenvalue weighted by molar-refractivity contribution is 5.69. The van der Waals surface area contributed by atoms with Crippen molar-refractivity contribution in [2.75, 3.05) is 5.32 Å². The van der Waals surface area contributed by atoms with Gasteiger partial charge in [0.25, 0.3) is 5.56 Å². The summed E-state index contributed by atoms with van der Waals surface area (Å²) in [7, 11) is 0. The zero-order chi connectivity index (χ0) is 19.3. The summed E-state index contributed by atoms with van der Waals surface area (Å²) in [6.07, 6.45) is -0.851. The van der Waals surface area contributed by atoms with Crippen LogP contribution in [0.15, 0.2) is 65.5 Å². The average Bonchev–Trinajstić information content (AvgIpc) is 2.66. The van der Waals surface area contributed by atoms with Crippen LogP contribution < -0.4 is 10.9 Å². The van der Waals surface area contributed by atoms with Crippen molar-refractivity contribution in [3.8, 4) is 0 Å². The molecule has 2 N–H and O–H groups in total. The molecule has 7 heteroatoms. The van der Waals surface area contributed by atoms with E-state index in [1.54, 1.807) is 36.4 Å². The lowest BCUT2D eigenvalue weighted by Crippen LogP contribution is -2.11. The van der Waals surface area contributed by atoms with Crippen LogP contribution in [0.1, 0.15) is 22.4 Å². The second kappa shape index (κ2) is 7.90. The van der Waals surface area contributed by atoms with Gasteiger partial charge in [0, 0.05) is 18.3 Å². The predicted molar refractivity (Wildman–Crippen MR) is 99.0 cm³/mol. The summed E-state index contributed by atoms with van der Waals surface area (Å²) < 4.78 is 39.2. The van der Waals surface area contributed by atoms with Crippen LogP contribution in [0.2, 0.25) is 0 Å². The Morgan fingerprint density at radius 2 is 1.81 bits per heavy atom. The Bertz CT molecular complexity index is 989. The molecule has 2 aromatic carbocycles. The van der Waals surface area contributed by atoms with Crippen molar-refractivity contribution in [3.63, 3.8) is 0 Å².